The van der Waals surface area contributed by atoms with Crippen molar-refractivity contribution in [2.24, 2.45) is 0 Å². The maximum Gasteiger partial charge on any atom is 0.313 e. The van der Waals surface area contributed by atoms with E-state index >= 15 is 0 Å². The number of carboxylic acids is 1. The van der Waals surface area contributed by atoms with Crippen molar-refractivity contribution in [2.75, 3.05) is 0 Å². The molecule has 1 heterocycles. The molecule has 0 saturated heterocycles. The average molecular weight is 154 g/mol. The summed E-state index contributed by atoms with van der Waals surface area (Å²) >= 11 is 0. The van der Waals surface area contributed by atoms with Gasteiger partial charge in [-0.25, -0.2) is 0 Å². The van der Waals surface area contributed by atoms with Crippen LogP contribution in [0.15, 0.2) is 16.5 Å². The van der Waals surface area contributed by atoms with Crippen LogP contribution in [0.1, 0.15) is 24.4 Å². The summed E-state index contributed by atoms with van der Waals surface area (Å²) in [5, 5.41) is 8.58. The predicted octanol–water partition coefficient (Wildman–Crippen LogP) is 1.78. The number of furan rings is 1. The van der Waals surface area contributed by atoms with Gasteiger partial charge in [0.05, 0.1) is 0 Å². The van der Waals surface area contributed by atoms with Crippen LogP contribution in [0.5, 0.6) is 0 Å². The Morgan fingerprint density at radius 1 is 1.64 bits per heavy atom. The second-order valence-electron chi connectivity index (χ2n) is 2.51. The molecule has 3 heteroatoms. The molecule has 60 valence electrons. The summed E-state index contributed by atoms with van der Waals surface area (Å²) in [6.45, 7) is 3.39. The highest BCUT2D eigenvalue weighted by Crippen LogP contribution is 2.17. The Kier molecular flexibility index (Phi) is 1.98. The summed E-state index contributed by atoms with van der Waals surface area (Å²) < 4.78 is 5.13. The van der Waals surface area contributed by atoms with Crippen molar-refractivity contribution in [3.05, 3.63) is 23.7 Å². The summed E-state index contributed by atoms with van der Waals surface area (Å²) in [4.78, 5) is 10.4. The third-order valence-electron chi connectivity index (χ3n) is 1.56. The first-order valence-corrected chi connectivity index (χ1v) is 3.40. The number of aryl methyl sites for hydroxylation is 1. The van der Waals surface area contributed by atoms with Crippen LogP contribution in [0, 0.1) is 6.92 Å². The van der Waals surface area contributed by atoms with E-state index in [-0.39, 0.29) is 0 Å². The number of aliphatic carboxylic acids is 1. The topological polar surface area (TPSA) is 50.4 Å². The average Bonchev–Trinajstić information content (AvgIpc) is 2.34. The van der Waals surface area contributed by atoms with Gasteiger partial charge in [0.25, 0.3) is 0 Å². The molecule has 0 fully saturated rings. The molecule has 0 aliphatic carbocycles. The molecular formula is C8H10O3. The van der Waals surface area contributed by atoms with Crippen molar-refractivity contribution in [3.63, 3.8) is 0 Å². The first-order valence-electron chi connectivity index (χ1n) is 3.40. The van der Waals surface area contributed by atoms with Gasteiger partial charge in [0.15, 0.2) is 0 Å². The van der Waals surface area contributed by atoms with Crippen LogP contribution in [0.25, 0.3) is 0 Å². The van der Waals surface area contributed by atoms with Crippen LogP contribution in [0.3, 0.4) is 0 Å². The Balaban J connectivity index is 2.84. The van der Waals surface area contributed by atoms with Gasteiger partial charge in [-0.2, -0.15) is 0 Å². The van der Waals surface area contributed by atoms with Crippen LogP contribution in [0.4, 0.5) is 0 Å². The molecular weight excluding hydrogens is 144 g/mol. The third-order valence-corrected chi connectivity index (χ3v) is 1.56. The van der Waals surface area contributed by atoms with Gasteiger partial charge in [-0.05, 0) is 26.0 Å². The lowest BCUT2D eigenvalue weighted by atomic mass is 10.1. The first kappa shape index (κ1) is 7.85. The van der Waals surface area contributed by atoms with Crippen LogP contribution in [-0.2, 0) is 4.79 Å². The molecule has 1 atom stereocenters. The molecule has 3 nitrogen and oxygen atoms in total. The van der Waals surface area contributed by atoms with Gasteiger partial charge in [-0.1, -0.05) is 0 Å². The molecule has 0 spiro atoms. The molecule has 0 bridgehead atoms. The molecule has 1 aromatic heterocycles. The Hall–Kier alpha value is -1.25. The van der Waals surface area contributed by atoms with Crippen LogP contribution in [0.2, 0.25) is 0 Å². The molecule has 1 N–H and O–H groups in total. The van der Waals surface area contributed by atoms with Crippen LogP contribution in [-0.4, -0.2) is 11.1 Å². The Morgan fingerprint density at radius 2 is 2.27 bits per heavy atom. The fourth-order valence-corrected chi connectivity index (χ4v) is 0.808. The monoisotopic (exact) mass is 154 g/mol. The fourth-order valence-electron chi connectivity index (χ4n) is 0.808. The largest absolute Gasteiger partial charge is 0.481 e. The van der Waals surface area contributed by atoms with Crippen molar-refractivity contribution in [3.8, 4) is 0 Å². The molecule has 1 rings (SSSR count). The first-order chi connectivity index (χ1) is 5.11. The SMILES string of the molecule is Cc1ccc([C@@H](C)C(=O)O)o1. The van der Waals surface area contributed by atoms with E-state index in [0.29, 0.717) is 5.76 Å². The molecule has 0 aliphatic heterocycles. The summed E-state index contributed by atoms with van der Waals surface area (Å²) in [5.74, 6) is -0.161. The van der Waals surface area contributed by atoms with E-state index in [2.05, 4.69) is 0 Å². The predicted molar refractivity (Wildman–Crippen MR) is 39.5 cm³/mol. The van der Waals surface area contributed by atoms with Gasteiger partial charge in [0.1, 0.15) is 17.4 Å². The summed E-state index contributed by atoms with van der Waals surface area (Å²) in [6.07, 6.45) is 0. The zero-order chi connectivity index (χ0) is 8.43. The standard InChI is InChI=1S/C8H10O3/c1-5-3-4-7(11-5)6(2)8(9)10/h3-4,6H,1-2H3,(H,9,10)/t6-/m1/s1. The van der Waals surface area contributed by atoms with Crippen molar-refractivity contribution >= 4 is 5.97 Å². The quantitative estimate of drug-likeness (QED) is 0.706. The Bertz CT molecular complexity index is 262. The van der Waals surface area contributed by atoms with Crippen molar-refractivity contribution < 1.29 is 14.3 Å². The van der Waals surface area contributed by atoms with Crippen molar-refractivity contribution in [1.82, 2.24) is 0 Å². The van der Waals surface area contributed by atoms with Crippen molar-refractivity contribution in [1.29, 1.82) is 0 Å². The Labute approximate surface area is 64.6 Å². The molecule has 0 unspecified atom stereocenters. The van der Waals surface area contributed by atoms with E-state index in [1.54, 1.807) is 26.0 Å². The van der Waals surface area contributed by atoms with E-state index < -0.39 is 11.9 Å². The molecule has 0 amide bonds. The minimum Gasteiger partial charge on any atom is -0.481 e. The minimum atomic E-state index is -0.862. The molecule has 1 aromatic rings. The van der Waals surface area contributed by atoms with Gasteiger partial charge in [0.2, 0.25) is 0 Å². The Morgan fingerprint density at radius 3 is 2.64 bits per heavy atom. The highest BCUT2D eigenvalue weighted by molar-refractivity contribution is 5.74. The second kappa shape index (κ2) is 2.78. The lowest BCUT2D eigenvalue weighted by Crippen LogP contribution is -2.05. The number of hydrogen-bond acceptors (Lipinski definition) is 2. The van der Waals surface area contributed by atoms with E-state index in [0.717, 1.165) is 5.76 Å². The minimum absolute atomic E-state index is 0.509. The summed E-state index contributed by atoms with van der Waals surface area (Å²) in [5.41, 5.74) is 0. The number of carbonyl (C=O) groups is 1. The number of rotatable bonds is 2. The highest BCUT2D eigenvalue weighted by Gasteiger charge is 2.16. The zero-order valence-electron chi connectivity index (χ0n) is 6.50. The molecule has 11 heavy (non-hydrogen) atoms. The third kappa shape index (κ3) is 1.61. The van der Waals surface area contributed by atoms with Gasteiger partial charge in [0, 0.05) is 0 Å². The molecule has 0 aliphatic rings. The maximum absolute atomic E-state index is 10.4. The van der Waals surface area contributed by atoms with E-state index in [9.17, 15) is 4.79 Å². The highest BCUT2D eigenvalue weighted by atomic mass is 16.4. The zero-order valence-corrected chi connectivity index (χ0v) is 6.50. The van der Waals surface area contributed by atoms with E-state index in [1.807, 2.05) is 0 Å². The van der Waals surface area contributed by atoms with Gasteiger partial charge >= 0.3 is 5.97 Å². The van der Waals surface area contributed by atoms with E-state index in [4.69, 9.17) is 9.52 Å². The maximum atomic E-state index is 10.4. The van der Waals surface area contributed by atoms with Crippen LogP contribution < -0.4 is 0 Å². The smallest absolute Gasteiger partial charge is 0.313 e. The molecule has 0 aromatic carbocycles. The lowest BCUT2D eigenvalue weighted by molar-refractivity contribution is -0.138. The number of hydrogen-bond donors (Lipinski definition) is 1. The summed E-state index contributed by atoms with van der Waals surface area (Å²) in [6, 6.07) is 3.45. The van der Waals surface area contributed by atoms with Crippen molar-refractivity contribution in [2.45, 2.75) is 19.8 Å². The summed E-state index contributed by atoms with van der Waals surface area (Å²) in [7, 11) is 0. The molecule has 0 saturated carbocycles. The van der Waals surface area contributed by atoms with Gasteiger partial charge < -0.3 is 9.52 Å². The van der Waals surface area contributed by atoms with E-state index in [1.165, 1.54) is 0 Å². The molecule has 0 radical (unpaired) electrons. The van der Waals surface area contributed by atoms with Gasteiger partial charge in [-0.3, -0.25) is 4.79 Å². The van der Waals surface area contributed by atoms with Crippen LogP contribution >= 0.6 is 0 Å². The normalized spacial score (nSPS) is 12.9. The van der Waals surface area contributed by atoms with Gasteiger partial charge in [-0.15, -0.1) is 0 Å². The lowest BCUT2D eigenvalue weighted by Gasteiger charge is -1.99. The number of carboxylic acid groups (broad SMARTS) is 1. The fraction of sp³-hybridized carbons (Fsp3) is 0.375. The second-order valence-corrected chi connectivity index (χ2v) is 2.51.